The van der Waals surface area contributed by atoms with Gasteiger partial charge in [0, 0.05) is 6.04 Å². The second-order valence-corrected chi connectivity index (χ2v) is 1.39. The smallest absolute Gasteiger partial charge is 0.207 e. The van der Waals surface area contributed by atoms with Crippen LogP contribution in [0.1, 0.15) is 13.3 Å². The average molecular weight is 100 g/mol. The van der Waals surface area contributed by atoms with Gasteiger partial charge in [-0.15, -0.1) is 0 Å². The van der Waals surface area contributed by atoms with Crippen molar-refractivity contribution >= 4 is 6.41 Å². The van der Waals surface area contributed by atoms with Crippen molar-refractivity contribution < 1.29 is 4.79 Å². The third-order valence-corrected chi connectivity index (χ3v) is 0.797. The second-order valence-electron chi connectivity index (χ2n) is 1.39. The van der Waals surface area contributed by atoms with E-state index in [2.05, 4.69) is 12.2 Å². The minimum atomic E-state index is 0.0810. The first-order valence-electron chi connectivity index (χ1n) is 2.34. The Balaban J connectivity index is 2.98. The molecule has 0 aromatic carbocycles. The van der Waals surface area contributed by atoms with Crippen molar-refractivity contribution in [3.63, 3.8) is 0 Å². The third kappa shape index (κ3) is 3.30. The van der Waals surface area contributed by atoms with Crippen LogP contribution in [0.2, 0.25) is 0 Å². The summed E-state index contributed by atoms with van der Waals surface area (Å²) in [7, 11) is 0. The summed E-state index contributed by atoms with van der Waals surface area (Å²) in [6.45, 7) is 5.57. The van der Waals surface area contributed by atoms with Gasteiger partial charge in [-0.3, -0.25) is 4.79 Å². The Morgan fingerprint density at radius 2 is 2.57 bits per heavy atom. The molecule has 0 aliphatic heterocycles. The Labute approximate surface area is 43.9 Å². The highest BCUT2D eigenvalue weighted by Crippen LogP contribution is 1.82. The van der Waals surface area contributed by atoms with Crippen molar-refractivity contribution in [2.75, 3.05) is 0 Å². The summed E-state index contributed by atoms with van der Waals surface area (Å²) in [5, 5.41) is 2.50. The molecule has 0 aliphatic carbocycles. The molecule has 0 saturated heterocycles. The standard InChI is InChI=1S/C5H10NO/c1-3-5(2)6-4-7/h4-5H,2-3H2,1H3,(H,6,7). The number of amides is 1. The monoisotopic (exact) mass is 100 g/mol. The molecule has 1 unspecified atom stereocenters. The summed E-state index contributed by atoms with van der Waals surface area (Å²) in [6, 6.07) is 0.0810. The van der Waals surface area contributed by atoms with Gasteiger partial charge in [-0.1, -0.05) is 6.92 Å². The van der Waals surface area contributed by atoms with Gasteiger partial charge in [-0.05, 0) is 13.3 Å². The summed E-state index contributed by atoms with van der Waals surface area (Å²) in [6.07, 6.45) is 1.56. The Morgan fingerprint density at radius 3 is 2.71 bits per heavy atom. The minimum Gasteiger partial charge on any atom is -0.356 e. The highest BCUT2D eigenvalue weighted by Gasteiger charge is 1.90. The van der Waals surface area contributed by atoms with Gasteiger partial charge < -0.3 is 5.32 Å². The van der Waals surface area contributed by atoms with E-state index in [1.54, 1.807) is 0 Å². The topological polar surface area (TPSA) is 29.1 Å². The van der Waals surface area contributed by atoms with Gasteiger partial charge in [0.2, 0.25) is 6.41 Å². The predicted molar refractivity (Wildman–Crippen MR) is 28.6 cm³/mol. The zero-order valence-corrected chi connectivity index (χ0v) is 4.48. The largest absolute Gasteiger partial charge is 0.356 e. The molecule has 2 heteroatoms. The average Bonchev–Trinajstić information content (AvgIpc) is 1.68. The molecule has 0 heterocycles. The van der Waals surface area contributed by atoms with E-state index in [-0.39, 0.29) is 6.04 Å². The lowest BCUT2D eigenvalue weighted by Gasteiger charge is -2.02. The fraction of sp³-hybridized carbons (Fsp3) is 0.600. The molecule has 1 radical (unpaired) electrons. The van der Waals surface area contributed by atoms with Crippen LogP contribution in [0.3, 0.4) is 0 Å². The van der Waals surface area contributed by atoms with Crippen molar-refractivity contribution in [1.82, 2.24) is 5.32 Å². The van der Waals surface area contributed by atoms with Crippen LogP contribution >= 0.6 is 0 Å². The van der Waals surface area contributed by atoms with Crippen LogP contribution in [0.15, 0.2) is 0 Å². The number of hydrogen-bond donors (Lipinski definition) is 1. The lowest BCUT2D eigenvalue weighted by atomic mass is 10.3. The van der Waals surface area contributed by atoms with Gasteiger partial charge in [0.15, 0.2) is 0 Å². The van der Waals surface area contributed by atoms with Crippen molar-refractivity contribution in [3.05, 3.63) is 6.92 Å². The maximum Gasteiger partial charge on any atom is 0.207 e. The van der Waals surface area contributed by atoms with E-state index >= 15 is 0 Å². The van der Waals surface area contributed by atoms with Crippen LogP contribution in [0, 0.1) is 6.92 Å². The molecule has 1 atom stereocenters. The zero-order valence-electron chi connectivity index (χ0n) is 4.48. The normalized spacial score (nSPS) is 12.9. The molecule has 0 aliphatic rings. The molecule has 41 valence electrons. The number of carbonyl (C=O) groups is 1. The van der Waals surface area contributed by atoms with Gasteiger partial charge in [0.1, 0.15) is 0 Å². The summed E-state index contributed by atoms with van der Waals surface area (Å²) >= 11 is 0. The van der Waals surface area contributed by atoms with E-state index in [0.29, 0.717) is 6.41 Å². The fourth-order valence-corrected chi connectivity index (χ4v) is 0.214. The molecular weight excluding hydrogens is 90.1 g/mol. The molecule has 1 amide bonds. The number of nitrogens with one attached hydrogen (secondary N) is 1. The van der Waals surface area contributed by atoms with E-state index in [4.69, 9.17) is 0 Å². The fourth-order valence-electron chi connectivity index (χ4n) is 0.214. The lowest BCUT2D eigenvalue weighted by molar-refractivity contribution is -0.109. The quantitative estimate of drug-likeness (QED) is 0.509. The Morgan fingerprint density at radius 1 is 2.00 bits per heavy atom. The zero-order chi connectivity index (χ0) is 5.70. The highest BCUT2D eigenvalue weighted by molar-refractivity contribution is 5.46. The molecule has 2 nitrogen and oxygen atoms in total. The molecule has 0 bridgehead atoms. The Hall–Kier alpha value is -0.530. The van der Waals surface area contributed by atoms with Crippen LogP contribution in [-0.4, -0.2) is 12.5 Å². The van der Waals surface area contributed by atoms with Crippen LogP contribution in [0.25, 0.3) is 0 Å². The molecule has 0 saturated carbocycles. The van der Waals surface area contributed by atoms with E-state index in [1.165, 1.54) is 0 Å². The first-order valence-corrected chi connectivity index (χ1v) is 2.34. The number of carbonyl (C=O) groups excluding carboxylic acids is 1. The molecule has 0 rings (SSSR count). The van der Waals surface area contributed by atoms with Gasteiger partial charge in [-0.2, -0.15) is 0 Å². The number of hydrogen-bond acceptors (Lipinski definition) is 1. The number of rotatable bonds is 3. The van der Waals surface area contributed by atoms with Crippen LogP contribution in [0.5, 0.6) is 0 Å². The maximum atomic E-state index is 9.62. The molecular formula is C5H10NO. The molecule has 7 heavy (non-hydrogen) atoms. The lowest BCUT2D eigenvalue weighted by Crippen LogP contribution is -2.23. The first-order chi connectivity index (χ1) is 3.31. The summed E-state index contributed by atoms with van der Waals surface area (Å²) in [5.74, 6) is 0. The molecule has 1 N–H and O–H groups in total. The Kier molecular flexibility index (Phi) is 3.38. The SMILES string of the molecule is [CH2]C(CC)NC=O. The van der Waals surface area contributed by atoms with E-state index in [0.717, 1.165) is 6.42 Å². The summed E-state index contributed by atoms with van der Waals surface area (Å²) in [4.78, 5) is 9.62. The second kappa shape index (κ2) is 3.65. The van der Waals surface area contributed by atoms with Crippen molar-refractivity contribution in [2.24, 2.45) is 0 Å². The molecule has 0 aromatic heterocycles. The van der Waals surface area contributed by atoms with Crippen molar-refractivity contribution in [3.8, 4) is 0 Å². The van der Waals surface area contributed by atoms with Gasteiger partial charge in [-0.25, -0.2) is 0 Å². The van der Waals surface area contributed by atoms with Crippen LogP contribution < -0.4 is 5.32 Å². The van der Waals surface area contributed by atoms with E-state index in [1.807, 2.05) is 6.92 Å². The van der Waals surface area contributed by atoms with Gasteiger partial charge >= 0.3 is 0 Å². The maximum absolute atomic E-state index is 9.62. The Bertz CT molecular complexity index is 54.0. The molecule has 0 spiro atoms. The minimum absolute atomic E-state index is 0.0810. The van der Waals surface area contributed by atoms with E-state index in [9.17, 15) is 4.79 Å². The third-order valence-electron chi connectivity index (χ3n) is 0.797. The molecule has 0 fully saturated rings. The summed E-state index contributed by atoms with van der Waals surface area (Å²) < 4.78 is 0. The predicted octanol–water partition coefficient (Wildman–Crippen LogP) is 0.345. The summed E-state index contributed by atoms with van der Waals surface area (Å²) in [5.41, 5.74) is 0. The molecule has 0 aromatic rings. The van der Waals surface area contributed by atoms with Crippen molar-refractivity contribution in [2.45, 2.75) is 19.4 Å². The van der Waals surface area contributed by atoms with Crippen LogP contribution in [0.4, 0.5) is 0 Å². The van der Waals surface area contributed by atoms with Crippen molar-refractivity contribution in [1.29, 1.82) is 0 Å². The van der Waals surface area contributed by atoms with E-state index < -0.39 is 0 Å². The van der Waals surface area contributed by atoms with Gasteiger partial charge in [0.25, 0.3) is 0 Å². The van der Waals surface area contributed by atoms with Gasteiger partial charge in [0.05, 0.1) is 0 Å². The van der Waals surface area contributed by atoms with Crippen LogP contribution in [-0.2, 0) is 4.79 Å². The highest BCUT2D eigenvalue weighted by atomic mass is 16.1. The first kappa shape index (κ1) is 6.47.